The highest BCUT2D eigenvalue weighted by Crippen LogP contribution is 2.14. The third kappa shape index (κ3) is 2.74. The van der Waals surface area contributed by atoms with Crippen molar-refractivity contribution in [3.8, 4) is 0 Å². The predicted molar refractivity (Wildman–Crippen MR) is 45.2 cm³/mol. The molecule has 11 heavy (non-hydrogen) atoms. The number of carbonyl (C=O) groups excluding carboxylic acids is 1. The van der Waals surface area contributed by atoms with Gasteiger partial charge < -0.3 is 5.32 Å². The highest BCUT2D eigenvalue weighted by Gasteiger charge is 2.10. The van der Waals surface area contributed by atoms with Gasteiger partial charge in [-0.25, -0.2) is 0 Å². The van der Waals surface area contributed by atoms with Crippen LogP contribution in [0.2, 0.25) is 0 Å². The lowest BCUT2D eigenvalue weighted by atomic mass is 10.0. The molecule has 62 valence electrons. The quantitative estimate of drug-likeness (QED) is 0.580. The molecule has 1 N–H and O–H groups in total. The highest BCUT2D eigenvalue weighted by molar-refractivity contribution is 5.87. The first-order valence-electron chi connectivity index (χ1n) is 4.16. The molecule has 0 aromatic carbocycles. The van der Waals surface area contributed by atoms with Crippen LogP contribution in [-0.4, -0.2) is 11.8 Å². The molecule has 0 saturated carbocycles. The second-order valence-corrected chi connectivity index (χ2v) is 3.22. The summed E-state index contributed by atoms with van der Waals surface area (Å²) in [5.74, 6) is 0.140. The number of hydrogen-bond donors (Lipinski definition) is 1. The summed E-state index contributed by atoms with van der Waals surface area (Å²) < 4.78 is 0. The van der Waals surface area contributed by atoms with Gasteiger partial charge in [0.25, 0.3) is 0 Å². The van der Waals surface area contributed by atoms with E-state index >= 15 is 0 Å². The topological polar surface area (TPSA) is 29.1 Å². The maximum Gasteiger partial charge on any atom is 0.154 e. The Bertz CT molecular complexity index is 184. The van der Waals surface area contributed by atoms with Gasteiger partial charge in [-0.05, 0) is 39.2 Å². The number of allylic oxidation sites excluding steroid dienone is 2. The Kier molecular flexibility index (Phi) is 2.69. The number of piperidine rings is 1. The zero-order valence-electron chi connectivity index (χ0n) is 7.18. The van der Waals surface area contributed by atoms with E-state index in [-0.39, 0.29) is 5.78 Å². The van der Waals surface area contributed by atoms with Gasteiger partial charge in [-0.15, -0.1) is 0 Å². The molecule has 1 aliphatic rings. The van der Waals surface area contributed by atoms with E-state index in [1.54, 1.807) is 13.0 Å². The lowest BCUT2D eigenvalue weighted by Gasteiger charge is -2.23. The molecular weight excluding hydrogens is 138 g/mol. The first kappa shape index (κ1) is 8.31. The fraction of sp³-hybridized carbons (Fsp3) is 0.667. The van der Waals surface area contributed by atoms with Crippen molar-refractivity contribution in [2.45, 2.75) is 39.2 Å². The molecule has 2 nitrogen and oxygen atoms in total. The average Bonchev–Trinajstić information content (AvgIpc) is 1.85. The minimum absolute atomic E-state index is 0.140. The standard InChI is InChI=1S/C9H15NO/c1-7-4-3-5-9(10-7)6-8(2)11/h6-7,10H,3-5H2,1-2H3/b9-6-/t7-/m1/s1. The van der Waals surface area contributed by atoms with E-state index in [9.17, 15) is 4.79 Å². The van der Waals surface area contributed by atoms with Gasteiger partial charge in [-0.2, -0.15) is 0 Å². The van der Waals surface area contributed by atoms with E-state index in [1.165, 1.54) is 12.8 Å². The Morgan fingerprint density at radius 2 is 2.45 bits per heavy atom. The number of rotatable bonds is 1. The van der Waals surface area contributed by atoms with Crippen molar-refractivity contribution in [2.24, 2.45) is 0 Å². The molecule has 1 fully saturated rings. The summed E-state index contributed by atoms with van der Waals surface area (Å²) in [6.45, 7) is 3.74. The molecule has 1 atom stereocenters. The van der Waals surface area contributed by atoms with Crippen LogP contribution in [0.15, 0.2) is 11.8 Å². The van der Waals surface area contributed by atoms with Gasteiger partial charge in [0.05, 0.1) is 0 Å². The van der Waals surface area contributed by atoms with Gasteiger partial charge in [0.2, 0.25) is 0 Å². The molecule has 0 amide bonds. The number of nitrogens with one attached hydrogen (secondary N) is 1. The van der Waals surface area contributed by atoms with E-state index in [0.29, 0.717) is 6.04 Å². The Balaban J connectivity index is 2.52. The molecule has 0 aromatic heterocycles. The first-order chi connectivity index (χ1) is 5.18. The van der Waals surface area contributed by atoms with Crippen molar-refractivity contribution >= 4 is 5.78 Å². The van der Waals surface area contributed by atoms with Gasteiger partial charge >= 0.3 is 0 Å². The summed E-state index contributed by atoms with van der Waals surface area (Å²) in [6, 6.07) is 0.536. The van der Waals surface area contributed by atoms with Crippen molar-refractivity contribution < 1.29 is 4.79 Å². The number of ketones is 1. The Morgan fingerprint density at radius 1 is 1.73 bits per heavy atom. The Morgan fingerprint density at radius 3 is 3.00 bits per heavy atom. The van der Waals surface area contributed by atoms with Crippen LogP contribution in [0, 0.1) is 0 Å². The zero-order chi connectivity index (χ0) is 8.27. The molecule has 0 spiro atoms. The molecule has 0 aromatic rings. The molecule has 0 bridgehead atoms. The molecular formula is C9H15NO. The molecule has 0 unspecified atom stereocenters. The third-order valence-electron chi connectivity index (χ3n) is 1.89. The van der Waals surface area contributed by atoms with Gasteiger partial charge in [0.15, 0.2) is 5.78 Å². The smallest absolute Gasteiger partial charge is 0.154 e. The molecule has 1 rings (SSSR count). The summed E-state index contributed by atoms with van der Waals surface area (Å²) in [6.07, 6.45) is 5.15. The average molecular weight is 153 g/mol. The van der Waals surface area contributed by atoms with Crippen molar-refractivity contribution in [3.63, 3.8) is 0 Å². The van der Waals surface area contributed by atoms with Gasteiger partial charge in [0.1, 0.15) is 0 Å². The molecule has 1 aliphatic heterocycles. The van der Waals surface area contributed by atoms with E-state index in [1.807, 2.05) is 0 Å². The Labute approximate surface area is 67.7 Å². The van der Waals surface area contributed by atoms with Crippen LogP contribution < -0.4 is 5.32 Å². The maximum absolute atomic E-state index is 10.7. The molecule has 0 radical (unpaired) electrons. The lowest BCUT2D eigenvalue weighted by Crippen LogP contribution is -2.29. The van der Waals surface area contributed by atoms with Crippen LogP contribution in [0.25, 0.3) is 0 Å². The van der Waals surface area contributed by atoms with Crippen molar-refractivity contribution in [1.29, 1.82) is 0 Å². The first-order valence-corrected chi connectivity index (χ1v) is 4.16. The summed E-state index contributed by atoms with van der Waals surface area (Å²) in [5, 5.41) is 3.29. The SMILES string of the molecule is CC(=O)/C=C1/CCC[C@@H](C)N1. The van der Waals surface area contributed by atoms with E-state index < -0.39 is 0 Å². The van der Waals surface area contributed by atoms with Crippen LogP contribution >= 0.6 is 0 Å². The van der Waals surface area contributed by atoms with Gasteiger partial charge in [0, 0.05) is 11.7 Å². The second-order valence-electron chi connectivity index (χ2n) is 3.22. The van der Waals surface area contributed by atoms with Crippen molar-refractivity contribution in [3.05, 3.63) is 11.8 Å². The van der Waals surface area contributed by atoms with E-state index in [4.69, 9.17) is 0 Å². The summed E-state index contributed by atoms with van der Waals surface area (Å²) in [5.41, 5.74) is 1.11. The van der Waals surface area contributed by atoms with Crippen LogP contribution in [0.5, 0.6) is 0 Å². The summed E-state index contributed by atoms with van der Waals surface area (Å²) >= 11 is 0. The van der Waals surface area contributed by atoms with E-state index in [2.05, 4.69) is 12.2 Å². The summed E-state index contributed by atoms with van der Waals surface area (Å²) in [4.78, 5) is 10.7. The van der Waals surface area contributed by atoms with Crippen molar-refractivity contribution in [1.82, 2.24) is 5.32 Å². The lowest BCUT2D eigenvalue weighted by molar-refractivity contribution is -0.112. The fourth-order valence-corrected chi connectivity index (χ4v) is 1.42. The monoisotopic (exact) mass is 153 g/mol. The van der Waals surface area contributed by atoms with Crippen LogP contribution in [0.1, 0.15) is 33.1 Å². The van der Waals surface area contributed by atoms with Crippen LogP contribution in [0.4, 0.5) is 0 Å². The molecule has 1 heterocycles. The van der Waals surface area contributed by atoms with Crippen LogP contribution in [-0.2, 0) is 4.79 Å². The largest absolute Gasteiger partial charge is 0.386 e. The predicted octanol–water partition coefficient (Wildman–Crippen LogP) is 1.62. The molecule has 0 aliphatic carbocycles. The number of hydrogen-bond acceptors (Lipinski definition) is 2. The highest BCUT2D eigenvalue weighted by atomic mass is 16.1. The molecule has 2 heteroatoms. The summed E-state index contributed by atoms with van der Waals surface area (Å²) in [7, 11) is 0. The number of carbonyl (C=O) groups is 1. The second kappa shape index (κ2) is 3.56. The van der Waals surface area contributed by atoms with Crippen LogP contribution in [0.3, 0.4) is 0 Å². The van der Waals surface area contributed by atoms with E-state index in [0.717, 1.165) is 12.1 Å². The third-order valence-corrected chi connectivity index (χ3v) is 1.89. The Hall–Kier alpha value is -0.790. The normalized spacial score (nSPS) is 28.2. The van der Waals surface area contributed by atoms with Crippen molar-refractivity contribution in [2.75, 3.05) is 0 Å². The minimum Gasteiger partial charge on any atom is -0.386 e. The molecule has 1 saturated heterocycles. The zero-order valence-corrected chi connectivity index (χ0v) is 7.18. The maximum atomic E-state index is 10.7. The van der Waals surface area contributed by atoms with Gasteiger partial charge in [-0.1, -0.05) is 0 Å². The van der Waals surface area contributed by atoms with Gasteiger partial charge in [-0.3, -0.25) is 4.79 Å². The fourth-order valence-electron chi connectivity index (χ4n) is 1.42. The minimum atomic E-state index is 0.140.